The molecule has 1 aromatic heterocycles. The second-order valence-electron chi connectivity index (χ2n) is 5.13. The van der Waals surface area contributed by atoms with Gasteiger partial charge in [-0.05, 0) is 45.5 Å². The SMILES string of the molecule is CC1CN(CCCNCc2ccco2)CC(C)O1. The van der Waals surface area contributed by atoms with Gasteiger partial charge in [0.1, 0.15) is 5.76 Å². The van der Waals surface area contributed by atoms with E-state index in [4.69, 9.17) is 9.15 Å². The standard InChI is InChI=1S/C14H24N2O2/c1-12-10-16(11-13(2)18-12)7-4-6-15-9-14-5-3-8-17-14/h3,5,8,12-13,15H,4,6-7,9-11H2,1-2H3. The molecule has 102 valence electrons. The molecule has 0 radical (unpaired) electrons. The molecule has 1 aliphatic rings. The van der Waals surface area contributed by atoms with Crippen LogP contribution >= 0.6 is 0 Å². The van der Waals surface area contributed by atoms with Crippen molar-refractivity contribution in [2.24, 2.45) is 0 Å². The second kappa shape index (κ2) is 6.92. The van der Waals surface area contributed by atoms with Crippen LogP contribution in [-0.4, -0.2) is 43.3 Å². The van der Waals surface area contributed by atoms with Gasteiger partial charge in [-0.3, -0.25) is 4.90 Å². The summed E-state index contributed by atoms with van der Waals surface area (Å²) in [6.45, 7) is 9.41. The summed E-state index contributed by atoms with van der Waals surface area (Å²) in [5, 5.41) is 3.40. The van der Waals surface area contributed by atoms with Crippen LogP contribution in [0.4, 0.5) is 0 Å². The molecule has 4 nitrogen and oxygen atoms in total. The highest BCUT2D eigenvalue weighted by molar-refractivity contribution is 4.97. The normalized spacial score (nSPS) is 25.4. The first-order valence-corrected chi connectivity index (χ1v) is 6.85. The molecule has 1 saturated heterocycles. The lowest BCUT2D eigenvalue weighted by molar-refractivity contribution is -0.0680. The summed E-state index contributed by atoms with van der Waals surface area (Å²) in [4.78, 5) is 2.49. The topological polar surface area (TPSA) is 37.6 Å². The molecule has 0 spiro atoms. The van der Waals surface area contributed by atoms with Crippen molar-refractivity contribution in [1.29, 1.82) is 0 Å². The van der Waals surface area contributed by atoms with Gasteiger partial charge in [-0.2, -0.15) is 0 Å². The Morgan fingerprint density at radius 1 is 1.33 bits per heavy atom. The quantitative estimate of drug-likeness (QED) is 0.784. The van der Waals surface area contributed by atoms with Gasteiger partial charge < -0.3 is 14.5 Å². The number of nitrogens with one attached hydrogen (secondary N) is 1. The summed E-state index contributed by atoms with van der Waals surface area (Å²) >= 11 is 0. The first-order chi connectivity index (χ1) is 8.74. The van der Waals surface area contributed by atoms with Crippen molar-refractivity contribution in [3.63, 3.8) is 0 Å². The minimum absolute atomic E-state index is 0.366. The van der Waals surface area contributed by atoms with Gasteiger partial charge in [-0.25, -0.2) is 0 Å². The van der Waals surface area contributed by atoms with Crippen LogP contribution < -0.4 is 5.32 Å². The van der Waals surface area contributed by atoms with E-state index in [1.54, 1.807) is 6.26 Å². The van der Waals surface area contributed by atoms with E-state index in [0.29, 0.717) is 12.2 Å². The van der Waals surface area contributed by atoms with Gasteiger partial charge in [0.15, 0.2) is 0 Å². The summed E-state index contributed by atoms with van der Waals surface area (Å²) < 4.78 is 11.0. The third-order valence-electron chi connectivity index (χ3n) is 3.20. The lowest BCUT2D eigenvalue weighted by Gasteiger charge is -2.35. The second-order valence-corrected chi connectivity index (χ2v) is 5.13. The van der Waals surface area contributed by atoms with Crippen LogP contribution in [0, 0.1) is 0 Å². The Bertz CT molecular complexity index is 317. The van der Waals surface area contributed by atoms with E-state index in [1.807, 2.05) is 12.1 Å². The third-order valence-corrected chi connectivity index (χ3v) is 3.20. The van der Waals surface area contributed by atoms with Crippen molar-refractivity contribution in [2.75, 3.05) is 26.2 Å². The fourth-order valence-electron chi connectivity index (χ4n) is 2.52. The molecule has 0 amide bonds. The van der Waals surface area contributed by atoms with Gasteiger partial charge in [-0.1, -0.05) is 0 Å². The van der Waals surface area contributed by atoms with E-state index in [9.17, 15) is 0 Å². The maximum absolute atomic E-state index is 5.72. The maximum atomic E-state index is 5.72. The number of ether oxygens (including phenoxy) is 1. The molecule has 4 heteroatoms. The molecule has 0 bridgehead atoms. The van der Waals surface area contributed by atoms with Crippen LogP contribution in [-0.2, 0) is 11.3 Å². The van der Waals surface area contributed by atoms with E-state index < -0.39 is 0 Å². The summed E-state index contributed by atoms with van der Waals surface area (Å²) in [5.74, 6) is 1.00. The Hall–Kier alpha value is -0.840. The first kappa shape index (κ1) is 13.6. The highest BCUT2D eigenvalue weighted by atomic mass is 16.5. The molecule has 1 fully saturated rings. The smallest absolute Gasteiger partial charge is 0.117 e. The van der Waals surface area contributed by atoms with Crippen molar-refractivity contribution in [3.8, 4) is 0 Å². The lowest BCUT2D eigenvalue weighted by Crippen LogP contribution is -2.46. The van der Waals surface area contributed by atoms with E-state index in [2.05, 4.69) is 24.1 Å². The molecular weight excluding hydrogens is 228 g/mol. The zero-order valence-corrected chi connectivity index (χ0v) is 11.4. The first-order valence-electron chi connectivity index (χ1n) is 6.85. The van der Waals surface area contributed by atoms with E-state index in [-0.39, 0.29) is 0 Å². The van der Waals surface area contributed by atoms with Crippen LogP contribution in [0.5, 0.6) is 0 Å². The van der Waals surface area contributed by atoms with Crippen molar-refractivity contribution >= 4 is 0 Å². The predicted molar refractivity (Wildman–Crippen MR) is 71.5 cm³/mol. The van der Waals surface area contributed by atoms with Gasteiger partial charge in [0.05, 0.1) is 25.0 Å². The van der Waals surface area contributed by atoms with Gasteiger partial charge in [-0.15, -0.1) is 0 Å². The van der Waals surface area contributed by atoms with Crippen LogP contribution in [0.2, 0.25) is 0 Å². The van der Waals surface area contributed by atoms with Crippen LogP contribution in [0.25, 0.3) is 0 Å². The monoisotopic (exact) mass is 252 g/mol. The highest BCUT2D eigenvalue weighted by Crippen LogP contribution is 2.10. The number of nitrogens with zero attached hydrogens (tertiary/aromatic N) is 1. The van der Waals surface area contributed by atoms with E-state index >= 15 is 0 Å². The van der Waals surface area contributed by atoms with Crippen LogP contribution in [0.1, 0.15) is 26.0 Å². The summed E-state index contributed by atoms with van der Waals surface area (Å²) in [6, 6.07) is 3.92. The average Bonchev–Trinajstić information content (AvgIpc) is 2.80. The van der Waals surface area contributed by atoms with Crippen molar-refractivity contribution < 1.29 is 9.15 Å². The Kier molecular flexibility index (Phi) is 5.23. The lowest BCUT2D eigenvalue weighted by atomic mass is 10.2. The average molecular weight is 252 g/mol. The molecule has 0 aliphatic carbocycles. The number of hydrogen-bond acceptors (Lipinski definition) is 4. The summed E-state index contributed by atoms with van der Waals surface area (Å²) in [6.07, 6.45) is 3.61. The third kappa shape index (κ3) is 4.44. The maximum Gasteiger partial charge on any atom is 0.117 e. The molecule has 2 unspecified atom stereocenters. The number of furan rings is 1. The molecular formula is C14H24N2O2. The summed E-state index contributed by atoms with van der Waals surface area (Å²) in [5.41, 5.74) is 0. The van der Waals surface area contributed by atoms with Gasteiger partial charge in [0.25, 0.3) is 0 Å². The van der Waals surface area contributed by atoms with Gasteiger partial charge in [0, 0.05) is 13.1 Å². The van der Waals surface area contributed by atoms with Crippen molar-refractivity contribution in [2.45, 2.75) is 39.0 Å². The number of morpholine rings is 1. The molecule has 2 atom stereocenters. The molecule has 2 heterocycles. The predicted octanol–water partition coefficient (Wildman–Crippen LogP) is 1.87. The fourth-order valence-corrected chi connectivity index (χ4v) is 2.52. The number of hydrogen-bond donors (Lipinski definition) is 1. The molecule has 18 heavy (non-hydrogen) atoms. The zero-order chi connectivity index (χ0) is 12.8. The van der Waals surface area contributed by atoms with Crippen molar-refractivity contribution in [1.82, 2.24) is 10.2 Å². The van der Waals surface area contributed by atoms with Crippen LogP contribution in [0.3, 0.4) is 0 Å². The van der Waals surface area contributed by atoms with Crippen LogP contribution in [0.15, 0.2) is 22.8 Å². The van der Waals surface area contributed by atoms with Gasteiger partial charge >= 0.3 is 0 Å². The molecule has 1 N–H and O–H groups in total. The molecule has 0 saturated carbocycles. The minimum Gasteiger partial charge on any atom is -0.468 e. The van der Waals surface area contributed by atoms with E-state index in [0.717, 1.165) is 38.5 Å². The fraction of sp³-hybridized carbons (Fsp3) is 0.714. The molecule has 0 aromatic carbocycles. The largest absolute Gasteiger partial charge is 0.468 e. The Labute approximate surface area is 109 Å². The van der Waals surface area contributed by atoms with E-state index in [1.165, 1.54) is 6.42 Å². The number of rotatable bonds is 6. The zero-order valence-electron chi connectivity index (χ0n) is 11.4. The Balaban J connectivity index is 1.55. The minimum atomic E-state index is 0.366. The van der Waals surface area contributed by atoms with Gasteiger partial charge in [0.2, 0.25) is 0 Å². The molecule has 2 rings (SSSR count). The molecule has 1 aliphatic heterocycles. The molecule has 1 aromatic rings. The summed E-state index contributed by atoms with van der Waals surface area (Å²) in [7, 11) is 0. The Morgan fingerprint density at radius 2 is 2.11 bits per heavy atom. The Morgan fingerprint density at radius 3 is 2.78 bits per heavy atom. The van der Waals surface area contributed by atoms with Crippen molar-refractivity contribution in [3.05, 3.63) is 24.2 Å². The highest BCUT2D eigenvalue weighted by Gasteiger charge is 2.21.